The minimum atomic E-state index is -3.42. The SMILES string of the molecule is CC(N(C)S(=O)(=O)N1CCCCC1CN)C(C)(C)C. The van der Waals surface area contributed by atoms with Gasteiger partial charge in [0.1, 0.15) is 0 Å². The molecule has 1 rings (SSSR count). The van der Waals surface area contributed by atoms with Crippen LogP contribution in [0.25, 0.3) is 0 Å². The highest BCUT2D eigenvalue weighted by Crippen LogP contribution is 2.28. The molecule has 5 nitrogen and oxygen atoms in total. The molecule has 0 saturated carbocycles. The van der Waals surface area contributed by atoms with E-state index >= 15 is 0 Å². The molecule has 1 aliphatic rings. The highest BCUT2D eigenvalue weighted by atomic mass is 32.2. The van der Waals surface area contributed by atoms with E-state index in [0.29, 0.717) is 13.1 Å². The second-order valence-corrected chi connectivity index (χ2v) is 8.50. The van der Waals surface area contributed by atoms with Crippen molar-refractivity contribution in [1.82, 2.24) is 8.61 Å². The van der Waals surface area contributed by atoms with E-state index in [0.717, 1.165) is 19.3 Å². The molecule has 0 spiro atoms. The lowest BCUT2D eigenvalue weighted by molar-refractivity contribution is 0.185. The van der Waals surface area contributed by atoms with Crippen molar-refractivity contribution in [2.75, 3.05) is 20.1 Å². The fourth-order valence-corrected chi connectivity index (χ4v) is 4.40. The third kappa shape index (κ3) is 3.68. The van der Waals surface area contributed by atoms with Gasteiger partial charge in [-0.1, -0.05) is 27.2 Å². The monoisotopic (exact) mass is 291 g/mol. The van der Waals surface area contributed by atoms with Crippen molar-refractivity contribution in [3.8, 4) is 0 Å². The van der Waals surface area contributed by atoms with Gasteiger partial charge in [-0.25, -0.2) is 0 Å². The zero-order chi connectivity index (χ0) is 14.8. The summed E-state index contributed by atoms with van der Waals surface area (Å²) in [5.41, 5.74) is 5.64. The average molecular weight is 291 g/mol. The predicted octanol–water partition coefficient (Wildman–Crippen LogP) is 1.41. The van der Waals surface area contributed by atoms with Gasteiger partial charge < -0.3 is 5.73 Å². The minimum Gasteiger partial charge on any atom is -0.329 e. The molecular weight excluding hydrogens is 262 g/mol. The Morgan fingerprint density at radius 3 is 2.42 bits per heavy atom. The normalized spacial score (nSPS) is 24.7. The first kappa shape index (κ1) is 16.9. The number of hydrogen-bond donors (Lipinski definition) is 1. The Morgan fingerprint density at radius 1 is 1.37 bits per heavy atom. The van der Waals surface area contributed by atoms with Crippen LogP contribution in [0.2, 0.25) is 0 Å². The number of nitrogens with zero attached hydrogens (tertiary/aromatic N) is 2. The Bertz CT molecular complexity index is 389. The molecule has 1 saturated heterocycles. The van der Waals surface area contributed by atoms with Crippen LogP contribution in [-0.2, 0) is 10.2 Å². The van der Waals surface area contributed by atoms with Crippen molar-refractivity contribution in [3.63, 3.8) is 0 Å². The summed E-state index contributed by atoms with van der Waals surface area (Å²) in [6.45, 7) is 9.11. The second kappa shape index (κ2) is 6.08. The van der Waals surface area contributed by atoms with Gasteiger partial charge in [-0.2, -0.15) is 17.0 Å². The van der Waals surface area contributed by atoms with Crippen LogP contribution in [0, 0.1) is 5.41 Å². The first-order chi connectivity index (χ1) is 8.62. The lowest BCUT2D eigenvalue weighted by atomic mass is 9.88. The molecule has 0 aliphatic carbocycles. The van der Waals surface area contributed by atoms with Crippen LogP contribution in [0.15, 0.2) is 0 Å². The van der Waals surface area contributed by atoms with E-state index in [-0.39, 0.29) is 17.5 Å². The minimum absolute atomic E-state index is 0.0478. The molecule has 0 aromatic carbocycles. The van der Waals surface area contributed by atoms with Crippen molar-refractivity contribution < 1.29 is 8.42 Å². The molecule has 6 heteroatoms. The summed E-state index contributed by atoms with van der Waals surface area (Å²) in [5, 5.41) is 0. The van der Waals surface area contributed by atoms with Gasteiger partial charge in [-0.05, 0) is 25.2 Å². The van der Waals surface area contributed by atoms with Crippen LogP contribution in [0.4, 0.5) is 0 Å². The molecule has 2 N–H and O–H groups in total. The quantitative estimate of drug-likeness (QED) is 0.851. The standard InChI is InChI=1S/C13H29N3O2S/c1-11(13(2,3)4)15(5)19(17,18)16-9-7-6-8-12(16)10-14/h11-12H,6-10,14H2,1-5H3. The van der Waals surface area contributed by atoms with Gasteiger partial charge in [0.05, 0.1) is 0 Å². The highest BCUT2D eigenvalue weighted by Gasteiger charge is 2.38. The second-order valence-electron chi connectivity index (χ2n) is 6.56. The first-order valence-corrected chi connectivity index (χ1v) is 8.47. The van der Waals surface area contributed by atoms with Gasteiger partial charge in [0.2, 0.25) is 0 Å². The highest BCUT2D eigenvalue weighted by molar-refractivity contribution is 7.86. The number of hydrogen-bond acceptors (Lipinski definition) is 3. The first-order valence-electron chi connectivity index (χ1n) is 7.07. The number of rotatable bonds is 4. The average Bonchev–Trinajstić information content (AvgIpc) is 2.35. The zero-order valence-electron chi connectivity index (χ0n) is 12.9. The van der Waals surface area contributed by atoms with E-state index in [1.54, 1.807) is 11.4 Å². The lowest BCUT2D eigenvalue weighted by Gasteiger charge is -2.41. The zero-order valence-corrected chi connectivity index (χ0v) is 13.7. The molecule has 0 aromatic rings. The van der Waals surface area contributed by atoms with Crippen LogP contribution in [0.1, 0.15) is 47.0 Å². The van der Waals surface area contributed by atoms with Gasteiger partial charge in [-0.3, -0.25) is 0 Å². The Hall–Kier alpha value is -0.170. The van der Waals surface area contributed by atoms with Crippen LogP contribution >= 0.6 is 0 Å². The van der Waals surface area contributed by atoms with Crippen molar-refractivity contribution in [2.45, 2.75) is 59.0 Å². The Labute approximate surface area is 118 Å². The Morgan fingerprint density at radius 2 is 1.95 bits per heavy atom. The molecule has 0 amide bonds. The van der Waals surface area contributed by atoms with Crippen LogP contribution < -0.4 is 5.73 Å². The maximum Gasteiger partial charge on any atom is 0.282 e. The van der Waals surface area contributed by atoms with Gasteiger partial charge in [0.15, 0.2) is 0 Å². The van der Waals surface area contributed by atoms with Crippen molar-refractivity contribution >= 4 is 10.2 Å². The van der Waals surface area contributed by atoms with E-state index in [2.05, 4.69) is 20.8 Å². The maximum absolute atomic E-state index is 12.7. The molecule has 1 aliphatic heterocycles. The molecule has 2 atom stereocenters. The van der Waals surface area contributed by atoms with Crippen molar-refractivity contribution in [1.29, 1.82) is 0 Å². The summed E-state index contributed by atoms with van der Waals surface area (Å²) in [7, 11) is -1.74. The fraction of sp³-hybridized carbons (Fsp3) is 1.00. The summed E-state index contributed by atoms with van der Waals surface area (Å²) in [4.78, 5) is 0. The summed E-state index contributed by atoms with van der Waals surface area (Å²) < 4.78 is 28.6. The van der Waals surface area contributed by atoms with Crippen LogP contribution in [-0.4, -0.2) is 49.2 Å². The molecular formula is C13H29N3O2S. The molecule has 0 radical (unpaired) electrons. The van der Waals surface area contributed by atoms with E-state index < -0.39 is 10.2 Å². The molecule has 1 fully saturated rings. The van der Waals surface area contributed by atoms with Gasteiger partial charge in [-0.15, -0.1) is 0 Å². The summed E-state index contributed by atoms with van der Waals surface area (Å²) in [6.07, 6.45) is 2.85. The van der Waals surface area contributed by atoms with Gasteiger partial charge in [0, 0.05) is 32.2 Å². The predicted molar refractivity (Wildman–Crippen MR) is 79.0 cm³/mol. The maximum atomic E-state index is 12.7. The summed E-state index contributed by atoms with van der Waals surface area (Å²) in [5.74, 6) is 0. The van der Waals surface area contributed by atoms with Gasteiger partial charge >= 0.3 is 0 Å². The fourth-order valence-electron chi connectivity index (χ4n) is 2.42. The third-order valence-corrected chi connectivity index (χ3v) is 6.42. The van der Waals surface area contributed by atoms with E-state index in [1.165, 1.54) is 4.31 Å². The molecule has 0 aromatic heterocycles. The Balaban J connectivity index is 2.96. The molecule has 0 bridgehead atoms. The van der Waals surface area contributed by atoms with E-state index in [9.17, 15) is 8.42 Å². The van der Waals surface area contributed by atoms with Crippen molar-refractivity contribution in [3.05, 3.63) is 0 Å². The summed E-state index contributed by atoms with van der Waals surface area (Å²) >= 11 is 0. The van der Waals surface area contributed by atoms with Crippen molar-refractivity contribution in [2.24, 2.45) is 11.1 Å². The smallest absolute Gasteiger partial charge is 0.282 e. The molecule has 19 heavy (non-hydrogen) atoms. The number of piperidine rings is 1. The number of nitrogens with two attached hydrogens (primary N) is 1. The molecule has 114 valence electrons. The van der Waals surface area contributed by atoms with E-state index in [1.807, 2.05) is 6.92 Å². The van der Waals surface area contributed by atoms with Gasteiger partial charge in [0.25, 0.3) is 10.2 Å². The lowest BCUT2D eigenvalue weighted by Crippen LogP contribution is -2.55. The molecule has 2 unspecified atom stereocenters. The van der Waals surface area contributed by atoms with E-state index in [4.69, 9.17) is 5.73 Å². The van der Waals surface area contributed by atoms with Crippen LogP contribution in [0.3, 0.4) is 0 Å². The summed E-state index contributed by atoms with van der Waals surface area (Å²) in [6, 6.07) is -0.105. The molecule has 1 heterocycles. The Kier molecular flexibility index (Phi) is 5.40. The topological polar surface area (TPSA) is 66.6 Å². The van der Waals surface area contributed by atoms with Crippen LogP contribution in [0.5, 0.6) is 0 Å². The largest absolute Gasteiger partial charge is 0.329 e. The third-order valence-electron chi connectivity index (χ3n) is 4.30.